The van der Waals surface area contributed by atoms with Crippen molar-refractivity contribution in [2.45, 2.75) is 43.7 Å². The Morgan fingerprint density at radius 2 is 1.69 bits per heavy atom. The Morgan fingerprint density at radius 3 is 2.36 bits per heavy atom. The van der Waals surface area contributed by atoms with Crippen molar-refractivity contribution in [2.75, 3.05) is 37.4 Å². The highest BCUT2D eigenvalue weighted by Crippen LogP contribution is 2.39. The number of rotatable bonds is 8. The van der Waals surface area contributed by atoms with Crippen molar-refractivity contribution in [3.05, 3.63) is 77.9 Å². The predicted octanol–water partition coefficient (Wildman–Crippen LogP) is 4.12. The number of methoxy groups -OCH3 is 1. The normalized spacial score (nSPS) is 20.1. The van der Waals surface area contributed by atoms with Crippen LogP contribution in [0.4, 0.5) is 11.4 Å². The van der Waals surface area contributed by atoms with E-state index in [0.29, 0.717) is 42.2 Å². The lowest BCUT2D eigenvalue weighted by atomic mass is 9.92. The van der Waals surface area contributed by atoms with Crippen LogP contribution >= 0.6 is 0 Å². The van der Waals surface area contributed by atoms with Gasteiger partial charge in [0.25, 0.3) is 5.91 Å². The molecular formula is C33H36N4O7S. The van der Waals surface area contributed by atoms with Gasteiger partial charge >= 0.3 is 0 Å². The van der Waals surface area contributed by atoms with Gasteiger partial charge in [0.15, 0.2) is 5.75 Å². The van der Waals surface area contributed by atoms with Crippen molar-refractivity contribution in [1.29, 1.82) is 0 Å². The number of amides is 3. The lowest BCUT2D eigenvalue weighted by Gasteiger charge is -2.42. The molecule has 3 aromatic carbocycles. The van der Waals surface area contributed by atoms with Gasteiger partial charge in [-0.2, -0.15) is 4.31 Å². The lowest BCUT2D eigenvalue weighted by molar-refractivity contribution is -0.117. The van der Waals surface area contributed by atoms with Gasteiger partial charge in [-0.05, 0) is 73.4 Å². The summed E-state index contributed by atoms with van der Waals surface area (Å²) in [6.45, 7) is 2.41. The van der Waals surface area contributed by atoms with Crippen molar-refractivity contribution >= 4 is 39.1 Å². The van der Waals surface area contributed by atoms with E-state index in [1.54, 1.807) is 42.3 Å². The molecule has 3 aliphatic rings. The lowest BCUT2D eigenvalue weighted by Crippen LogP contribution is -2.53. The number of anilines is 2. The Hall–Kier alpha value is -4.42. The van der Waals surface area contributed by atoms with E-state index in [-0.39, 0.29) is 53.3 Å². The minimum atomic E-state index is -3.89. The van der Waals surface area contributed by atoms with Gasteiger partial charge in [0.2, 0.25) is 21.8 Å². The van der Waals surface area contributed by atoms with Crippen LogP contribution < -0.4 is 20.1 Å². The molecule has 45 heavy (non-hydrogen) atoms. The second kappa shape index (κ2) is 12.5. The summed E-state index contributed by atoms with van der Waals surface area (Å²) in [5.41, 5.74) is 2.13. The van der Waals surface area contributed by atoms with Crippen LogP contribution in [-0.2, 0) is 26.2 Å². The van der Waals surface area contributed by atoms with Gasteiger partial charge in [-0.3, -0.25) is 14.4 Å². The Bertz CT molecular complexity index is 1710. The highest BCUT2D eigenvalue weighted by molar-refractivity contribution is 7.89. The summed E-state index contributed by atoms with van der Waals surface area (Å²) in [6, 6.07) is 18.7. The van der Waals surface area contributed by atoms with E-state index in [0.717, 1.165) is 18.4 Å². The highest BCUT2D eigenvalue weighted by atomic mass is 32.2. The van der Waals surface area contributed by atoms with Crippen LogP contribution in [0.2, 0.25) is 0 Å². The number of ether oxygens (including phenoxy) is 2. The molecule has 236 valence electrons. The summed E-state index contributed by atoms with van der Waals surface area (Å²) in [6.07, 6.45) is 1.52. The van der Waals surface area contributed by atoms with Gasteiger partial charge in [-0.25, -0.2) is 8.42 Å². The molecule has 11 nitrogen and oxygen atoms in total. The molecule has 1 aliphatic carbocycles. The number of hydrogen-bond donors (Lipinski definition) is 2. The van der Waals surface area contributed by atoms with E-state index in [9.17, 15) is 22.8 Å². The molecule has 0 spiro atoms. The van der Waals surface area contributed by atoms with Crippen molar-refractivity contribution < 1.29 is 32.3 Å². The average molecular weight is 633 g/mol. The fourth-order valence-corrected chi connectivity index (χ4v) is 7.31. The van der Waals surface area contributed by atoms with Gasteiger partial charge in [-0.1, -0.05) is 18.2 Å². The molecule has 2 fully saturated rings. The van der Waals surface area contributed by atoms with E-state index in [4.69, 9.17) is 9.47 Å². The zero-order valence-electron chi connectivity index (χ0n) is 25.2. The van der Waals surface area contributed by atoms with Crippen molar-refractivity contribution in [3.8, 4) is 11.5 Å². The minimum absolute atomic E-state index is 0.0585. The molecule has 2 heterocycles. The molecule has 12 heteroatoms. The Morgan fingerprint density at radius 1 is 0.956 bits per heavy atom. The average Bonchev–Trinajstić information content (AvgIpc) is 3.88. The molecule has 2 N–H and O–H groups in total. The predicted molar refractivity (Wildman–Crippen MR) is 168 cm³/mol. The summed E-state index contributed by atoms with van der Waals surface area (Å²) in [5.74, 6) is 0.148. The molecule has 6 rings (SSSR count). The summed E-state index contributed by atoms with van der Waals surface area (Å²) in [5, 5.41) is 5.60. The van der Waals surface area contributed by atoms with E-state index >= 15 is 0 Å². The number of carbonyl (C=O) groups excluding carboxylic acids is 3. The summed E-state index contributed by atoms with van der Waals surface area (Å²) in [7, 11) is -2.29. The number of benzene rings is 3. The molecule has 0 unspecified atom stereocenters. The third kappa shape index (κ3) is 6.66. The van der Waals surface area contributed by atoms with Crippen LogP contribution in [-0.4, -0.2) is 68.2 Å². The first-order valence-electron chi connectivity index (χ1n) is 15.0. The first-order chi connectivity index (χ1) is 21.6. The van der Waals surface area contributed by atoms with Gasteiger partial charge in [0.05, 0.1) is 29.8 Å². The molecule has 1 saturated heterocycles. The van der Waals surface area contributed by atoms with Crippen LogP contribution in [0.25, 0.3) is 0 Å². The van der Waals surface area contributed by atoms with E-state index in [1.807, 2.05) is 24.3 Å². The third-order valence-corrected chi connectivity index (χ3v) is 10.3. The maximum Gasteiger partial charge on any atom is 0.258 e. The second-order valence-electron chi connectivity index (χ2n) is 11.8. The fourth-order valence-electron chi connectivity index (χ4n) is 5.85. The van der Waals surface area contributed by atoms with Gasteiger partial charge in [-0.15, -0.1) is 0 Å². The van der Waals surface area contributed by atoms with Crippen LogP contribution in [0.1, 0.15) is 42.1 Å². The quantitative estimate of drug-likeness (QED) is 0.382. The number of carbonyl (C=O) groups is 3. The first-order valence-corrected chi connectivity index (χ1v) is 16.5. The molecule has 0 bridgehead atoms. The monoisotopic (exact) mass is 632 g/mol. The molecule has 3 amide bonds. The van der Waals surface area contributed by atoms with Crippen molar-refractivity contribution in [2.24, 2.45) is 11.8 Å². The third-order valence-electron chi connectivity index (χ3n) is 8.47. The number of sulfonamides is 1. The second-order valence-corrected chi connectivity index (χ2v) is 13.7. The van der Waals surface area contributed by atoms with Gasteiger partial charge in [0, 0.05) is 44.1 Å². The topological polar surface area (TPSA) is 134 Å². The number of fused-ring (bicyclic) bond motifs is 2. The molecule has 2 aliphatic heterocycles. The number of nitrogens with one attached hydrogen (secondary N) is 2. The summed E-state index contributed by atoms with van der Waals surface area (Å²) >= 11 is 0. The van der Waals surface area contributed by atoms with E-state index in [2.05, 4.69) is 10.6 Å². The standard InChI is InChI=1S/C33H36N4O7S/c1-21(38)34-25-10-14-27(15-11-25)45(41,42)37-17-16-24-19-36(18-22-6-12-26(43-2)13-7-22)33(40)28-4-3-5-29(31(28)44-30(24)20-37)35-32(39)23-8-9-23/h3-7,10-15,23-24,30H,8-9,16-20H2,1-2H3,(H,34,38)(H,35,39)/t24-,30-/m0/s1. The highest BCUT2D eigenvalue weighted by Gasteiger charge is 2.41. The van der Waals surface area contributed by atoms with Crippen LogP contribution in [0.5, 0.6) is 11.5 Å². The molecule has 0 radical (unpaired) electrons. The minimum Gasteiger partial charge on any atom is -0.497 e. The zero-order chi connectivity index (χ0) is 31.7. The van der Waals surface area contributed by atoms with E-state index < -0.39 is 16.1 Å². The number of nitrogens with zero attached hydrogens (tertiary/aromatic N) is 2. The Kier molecular flexibility index (Phi) is 8.52. The van der Waals surface area contributed by atoms with Crippen LogP contribution in [0, 0.1) is 11.8 Å². The molecule has 1 saturated carbocycles. The fraction of sp³-hybridized carbons (Fsp3) is 0.364. The summed E-state index contributed by atoms with van der Waals surface area (Å²) < 4.78 is 40.8. The number of hydrogen-bond acceptors (Lipinski definition) is 7. The maximum absolute atomic E-state index is 14.1. The molecule has 0 aromatic heterocycles. The maximum atomic E-state index is 14.1. The van der Waals surface area contributed by atoms with Crippen LogP contribution in [0.15, 0.2) is 71.6 Å². The number of para-hydroxylation sites is 1. The van der Waals surface area contributed by atoms with Gasteiger partial charge in [0.1, 0.15) is 11.9 Å². The van der Waals surface area contributed by atoms with E-state index in [1.165, 1.54) is 23.4 Å². The smallest absolute Gasteiger partial charge is 0.258 e. The molecule has 2 atom stereocenters. The SMILES string of the molecule is COc1ccc(CN2C[C@@H]3CCN(S(=O)(=O)c4ccc(NC(C)=O)cc4)C[C@@H]3Oc3c(NC(=O)C4CC4)cccc3C2=O)cc1. The summed E-state index contributed by atoms with van der Waals surface area (Å²) in [4.78, 5) is 40.1. The van der Waals surface area contributed by atoms with Gasteiger partial charge < -0.3 is 25.0 Å². The Balaban J connectivity index is 1.31. The largest absolute Gasteiger partial charge is 0.497 e. The molecule has 3 aromatic rings. The zero-order valence-corrected chi connectivity index (χ0v) is 26.0. The Labute approximate surface area is 262 Å². The molecular weight excluding hydrogens is 596 g/mol. The first kappa shape index (κ1) is 30.6. The van der Waals surface area contributed by atoms with Crippen molar-refractivity contribution in [3.63, 3.8) is 0 Å². The number of piperidine rings is 1. The van der Waals surface area contributed by atoms with Crippen molar-refractivity contribution in [1.82, 2.24) is 9.21 Å². The van der Waals surface area contributed by atoms with Crippen LogP contribution in [0.3, 0.4) is 0 Å².